The van der Waals surface area contributed by atoms with Gasteiger partial charge in [-0.2, -0.15) is 0 Å². The Balaban J connectivity index is 2.19. The summed E-state index contributed by atoms with van der Waals surface area (Å²) in [4.78, 5) is 2.27. The SMILES string of the molecule is COc1ccc(S(=O)(=O)NCC(c2ccccc2)N(C)C)c(C)c1. The van der Waals surface area contributed by atoms with Crippen LogP contribution in [0.25, 0.3) is 0 Å². The first-order valence-corrected chi connectivity index (χ1v) is 9.19. The van der Waals surface area contributed by atoms with E-state index in [0.29, 0.717) is 17.9 Å². The van der Waals surface area contributed by atoms with Gasteiger partial charge in [0.1, 0.15) is 5.75 Å². The van der Waals surface area contributed by atoms with Crippen molar-refractivity contribution < 1.29 is 13.2 Å². The first-order chi connectivity index (χ1) is 11.3. The van der Waals surface area contributed by atoms with Gasteiger partial charge in [0.2, 0.25) is 10.0 Å². The molecule has 0 saturated carbocycles. The first kappa shape index (κ1) is 18.4. The van der Waals surface area contributed by atoms with E-state index >= 15 is 0 Å². The first-order valence-electron chi connectivity index (χ1n) is 7.71. The predicted molar refractivity (Wildman–Crippen MR) is 95.8 cm³/mol. The number of nitrogens with zero attached hydrogens (tertiary/aromatic N) is 1. The number of benzene rings is 2. The van der Waals surface area contributed by atoms with Crippen LogP contribution in [0.15, 0.2) is 53.4 Å². The van der Waals surface area contributed by atoms with Gasteiger partial charge in [-0.05, 0) is 50.3 Å². The van der Waals surface area contributed by atoms with E-state index in [9.17, 15) is 8.42 Å². The predicted octanol–water partition coefficient (Wildman–Crippen LogP) is 2.58. The fourth-order valence-corrected chi connectivity index (χ4v) is 3.85. The van der Waals surface area contributed by atoms with Gasteiger partial charge in [-0.25, -0.2) is 13.1 Å². The van der Waals surface area contributed by atoms with Crippen LogP contribution in [-0.4, -0.2) is 41.1 Å². The van der Waals surface area contributed by atoms with Crippen molar-refractivity contribution >= 4 is 10.0 Å². The molecule has 130 valence electrons. The number of sulfonamides is 1. The Morgan fingerprint density at radius 3 is 2.33 bits per heavy atom. The van der Waals surface area contributed by atoms with E-state index in [1.807, 2.05) is 49.3 Å². The summed E-state index contributed by atoms with van der Waals surface area (Å²) < 4.78 is 33.1. The summed E-state index contributed by atoms with van der Waals surface area (Å²) in [5.41, 5.74) is 1.72. The number of likely N-dealkylation sites (N-methyl/N-ethyl adjacent to an activating group) is 1. The molecule has 1 N–H and O–H groups in total. The van der Waals surface area contributed by atoms with Gasteiger partial charge < -0.3 is 9.64 Å². The lowest BCUT2D eigenvalue weighted by atomic mass is 10.1. The van der Waals surface area contributed by atoms with Gasteiger partial charge in [-0.3, -0.25) is 0 Å². The fourth-order valence-electron chi connectivity index (χ4n) is 2.59. The van der Waals surface area contributed by atoms with Gasteiger partial charge in [0.15, 0.2) is 0 Å². The Morgan fingerprint density at radius 1 is 1.12 bits per heavy atom. The molecule has 0 radical (unpaired) electrons. The largest absolute Gasteiger partial charge is 0.497 e. The van der Waals surface area contributed by atoms with Crippen LogP contribution < -0.4 is 9.46 Å². The minimum absolute atomic E-state index is 0.0421. The third-order valence-electron chi connectivity index (χ3n) is 3.95. The quantitative estimate of drug-likeness (QED) is 0.835. The fraction of sp³-hybridized carbons (Fsp3) is 0.333. The van der Waals surface area contributed by atoms with Crippen LogP contribution in [0.3, 0.4) is 0 Å². The molecule has 0 aromatic heterocycles. The molecule has 1 atom stereocenters. The molecular formula is C18H24N2O3S. The van der Waals surface area contributed by atoms with E-state index in [4.69, 9.17) is 4.74 Å². The maximum atomic E-state index is 12.6. The van der Waals surface area contributed by atoms with Crippen LogP contribution >= 0.6 is 0 Å². The van der Waals surface area contributed by atoms with E-state index in [1.165, 1.54) is 0 Å². The van der Waals surface area contributed by atoms with Crippen molar-refractivity contribution in [2.45, 2.75) is 17.9 Å². The van der Waals surface area contributed by atoms with Crippen molar-refractivity contribution in [3.8, 4) is 5.75 Å². The minimum atomic E-state index is -3.58. The summed E-state index contributed by atoms with van der Waals surface area (Å²) in [6.07, 6.45) is 0. The average molecular weight is 348 g/mol. The standard InChI is InChI=1S/C18H24N2O3S/c1-14-12-16(23-4)10-11-18(14)24(21,22)19-13-17(20(2)3)15-8-6-5-7-9-15/h5-12,17,19H,13H2,1-4H3. The molecule has 6 heteroatoms. The number of aryl methyl sites for hydroxylation is 1. The summed E-state index contributed by atoms with van der Waals surface area (Å²) in [6.45, 7) is 2.06. The second-order valence-corrected chi connectivity index (χ2v) is 7.61. The van der Waals surface area contributed by atoms with Crippen molar-refractivity contribution in [3.63, 3.8) is 0 Å². The summed E-state index contributed by atoms with van der Waals surface area (Å²) in [5.74, 6) is 0.641. The normalized spacial score (nSPS) is 13.0. The Kier molecular flexibility index (Phi) is 5.99. The van der Waals surface area contributed by atoms with Crippen molar-refractivity contribution in [2.75, 3.05) is 27.7 Å². The molecule has 0 amide bonds. The maximum absolute atomic E-state index is 12.6. The lowest BCUT2D eigenvalue weighted by molar-refractivity contribution is 0.299. The Morgan fingerprint density at radius 2 is 1.79 bits per heavy atom. The van der Waals surface area contributed by atoms with Crippen LogP contribution in [0.4, 0.5) is 0 Å². The molecule has 1 unspecified atom stereocenters. The Bertz CT molecular complexity index is 774. The molecule has 0 aliphatic rings. The molecule has 0 aliphatic heterocycles. The summed E-state index contributed by atoms with van der Waals surface area (Å²) in [6, 6.07) is 14.7. The molecule has 0 bridgehead atoms. The smallest absolute Gasteiger partial charge is 0.240 e. The van der Waals surface area contributed by atoms with Gasteiger partial charge >= 0.3 is 0 Å². The number of nitrogens with one attached hydrogen (secondary N) is 1. The monoisotopic (exact) mass is 348 g/mol. The number of hydrogen-bond acceptors (Lipinski definition) is 4. The lowest BCUT2D eigenvalue weighted by Crippen LogP contribution is -2.34. The highest BCUT2D eigenvalue weighted by molar-refractivity contribution is 7.89. The van der Waals surface area contributed by atoms with E-state index < -0.39 is 10.0 Å². The van der Waals surface area contributed by atoms with Crippen molar-refractivity contribution in [1.29, 1.82) is 0 Å². The molecule has 2 aromatic rings. The van der Waals surface area contributed by atoms with Crippen LogP contribution in [0.1, 0.15) is 17.2 Å². The van der Waals surface area contributed by atoms with Gasteiger partial charge in [-0.15, -0.1) is 0 Å². The van der Waals surface area contributed by atoms with Gasteiger partial charge in [0.05, 0.1) is 12.0 Å². The van der Waals surface area contributed by atoms with Crippen LogP contribution in [0, 0.1) is 6.92 Å². The van der Waals surface area contributed by atoms with Crippen LogP contribution in [-0.2, 0) is 10.0 Å². The zero-order valence-corrected chi connectivity index (χ0v) is 15.3. The Hall–Kier alpha value is -1.89. The molecule has 0 heterocycles. The zero-order valence-electron chi connectivity index (χ0n) is 14.5. The van der Waals surface area contributed by atoms with Crippen LogP contribution in [0.5, 0.6) is 5.75 Å². The lowest BCUT2D eigenvalue weighted by Gasteiger charge is -2.25. The van der Waals surface area contributed by atoms with Gasteiger partial charge in [-0.1, -0.05) is 30.3 Å². The topological polar surface area (TPSA) is 58.6 Å². The van der Waals surface area contributed by atoms with E-state index in [2.05, 4.69) is 4.72 Å². The highest BCUT2D eigenvalue weighted by atomic mass is 32.2. The zero-order chi connectivity index (χ0) is 17.7. The molecule has 5 nitrogen and oxygen atoms in total. The number of hydrogen-bond donors (Lipinski definition) is 1. The molecule has 2 rings (SSSR count). The van der Waals surface area contributed by atoms with E-state index in [-0.39, 0.29) is 10.9 Å². The van der Waals surface area contributed by atoms with E-state index in [0.717, 1.165) is 5.56 Å². The summed E-state index contributed by atoms with van der Waals surface area (Å²) in [5, 5.41) is 0. The highest BCUT2D eigenvalue weighted by Gasteiger charge is 2.21. The van der Waals surface area contributed by atoms with Crippen molar-refractivity contribution in [2.24, 2.45) is 0 Å². The highest BCUT2D eigenvalue weighted by Crippen LogP contribution is 2.22. The molecule has 0 saturated heterocycles. The van der Waals surface area contributed by atoms with Crippen molar-refractivity contribution in [3.05, 3.63) is 59.7 Å². The van der Waals surface area contributed by atoms with Crippen LogP contribution in [0.2, 0.25) is 0 Å². The molecule has 2 aromatic carbocycles. The molecule has 0 aliphatic carbocycles. The molecule has 24 heavy (non-hydrogen) atoms. The third kappa shape index (κ3) is 4.35. The Labute approximate surface area is 144 Å². The summed E-state index contributed by atoms with van der Waals surface area (Å²) >= 11 is 0. The van der Waals surface area contributed by atoms with Gasteiger partial charge in [0.25, 0.3) is 0 Å². The second kappa shape index (κ2) is 7.79. The maximum Gasteiger partial charge on any atom is 0.240 e. The number of rotatable bonds is 7. The number of ether oxygens (including phenoxy) is 1. The van der Waals surface area contributed by atoms with Crippen molar-refractivity contribution in [1.82, 2.24) is 9.62 Å². The second-order valence-electron chi connectivity index (χ2n) is 5.87. The average Bonchev–Trinajstić information content (AvgIpc) is 2.55. The third-order valence-corrected chi connectivity index (χ3v) is 5.53. The molecule has 0 spiro atoms. The van der Waals surface area contributed by atoms with E-state index in [1.54, 1.807) is 32.2 Å². The number of methoxy groups -OCH3 is 1. The molecule has 0 fully saturated rings. The molecular weight excluding hydrogens is 324 g/mol. The van der Waals surface area contributed by atoms with Gasteiger partial charge in [0, 0.05) is 12.6 Å². The minimum Gasteiger partial charge on any atom is -0.497 e. The summed E-state index contributed by atoms with van der Waals surface area (Å²) in [7, 11) is 1.84.